The molecule has 0 unspecified atom stereocenters. The Morgan fingerprint density at radius 3 is 2.67 bits per heavy atom. The van der Waals surface area contributed by atoms with Crippen molar-refractivity contribution in [2.24, 2.45) is 5.10 Å². The molecule has 144 valence electrons. The van der Waals surface area contributed by atoms with Crippen LogP contribution < -0.4 is 14.9 Å². The van der Waals surface area contributed by atoms with Gasteiger partial charge in [0.2, 0.25) is 0 Å². The van der Waals surface area contributed by atoms with Crippen LogP contribution in [0.25, 0.3) is 0 Å². The minimum Gasteiger partial charge on any atom is -0.493 e. The molecule has 2 aromatic carbocycles. The molecule has 5 heteroatoms. The number of para-hydroxylation sites is 1. The first kappa shape index (κ1) is 20.5. The number of benzene rings is 2. The Morgan fingerprint density at radius 1 is 1.15 bits per heavy atom. The second-order valence-corrected chi connectivity index (χ2v) is 6.66. The minimum atomic E-state index is -0.311. The third-order valence-corrected chi connectivity index (χ3v) is 3.92. The maximum absolute atomic E-state index is 12.0. The third-order valence-electron chi connectivity index (χ3n) is 3.92. The van der Waals surface area contributed by atoms with Crippen LogP contribution in [0.1, 0.15) is 49.8 Å². The Bertz CT molecular complexity index is 785. The van der Waals surface area contributed by atoms with E-state index in [4.69, 9.17) is 9.47 Å². The van der Waals surface area contributed by atoms with Gasteiger partial charge in [-0.25, -0.2) is 5.43 Å². The number of rotatable bonds is 9. The van der Waals surface area contributed by atoms with Crippen molar-refractivity contribution >= 4 is 12.1 Å². The monoisotopic (exact) mass is 368 g/mol. The van der Waals surface area contributed by atoms with Gasteiger partial charge in [0.05, 0.1) is 12.8 Å². The molecule has 1 amide bonds. The topological polar surface area (TPSA) is 59.9 Å². The van der Waals surface area contributed by atoms with Crippen molar-refractivity contribution in [2.45, 2.75) is 40.0 Å². The summed E-state index contributed by atoms with van der Waals surface area (Å²) in [6.07, 6.45) is 2.51. The number of carbonyl (C=O) groups is 1. The van der Waals surface area contributed by atoms with Crippen molar-refractivity contribution in [3.8, 4) is 11.5 Å². The fourth-order valence-electron chi connectivity index (χ4n) is 2.52. The van der Waals surface area contributed by atoms with Crippen LogP contribution in [0.5, 0.6) is 11.5 Å². The maximum Gasteiger partial charge on any atom is 0.277 e. The van der Waals surface area contributed by atoms with E-state index in [1.807, 2.05) is 49.4 Å². The molecule has 0 saturated heterocycles. The quantitative estimate of drug-likeness (QED) is 0.526. The second-order valence-electron chi connectivity index (χ2n) is 6.66. The lowest BCUT2D eigenvalue weighted by Crippen LogP contribution is -2.25. The van der Waals surface area contributed by atoms with E-state index in [1.54, 1.807) is 6.21 Å². The highest BCUT2D eigenvalue weighted by atomic mass is 16.5. The first-order chi connectivity index (χ1) is 13.0. The number of hydrogen-bond donors (Lipinski definition) is 1. The van der Waals surface area contributed by atoms with Gasteiger partial charge in [0.1, 0.15) is 11.5 Å². The Kier molecular flexibility index (Phi) is 7.86. The summed E-state index contributed by atoms with van der Waals surface area (Å²) in [6, 6.07) is 13.6. The van der Waals surface area contributed by atoms with Gasteiger partial charge in [-0.1, -0.05) is 45.0 Å². The van der Waals surface area contributed by atoms with Gasteiger partial charge in [0.25, 0.3) is 5.91 Å². The average molecular weight is 368 g/mol. The fraction of sp³-hybridized carbons (Fsp3) is 0.364. The van der Waals surface area contributed by atoms with Crippen molar-refractivity contribution in [1.82, 2.24) is 5.43 Å². The molecule has 5 nitrogen and oxygen atoms in total. The number of nitrogens with zero attached hydrogens (tertiary/aromatic N) is 1. The summed E-state index contributed by atoms with van der Waals surface area (Å²) in [7, 11) is 0. The molecule has 0 saturated carbocycles. The fourth-order valence-corrected chi connectivity index (χ4v) is 2.52. The van der Waals surface area contributed by atoms with Gasteiger partial charge >= 0.3 is 0 Å². The molecule has 2 aromatic rings. The van der Waals surface area contributed by atoms with Gasteiger partial charge in [0.15, 0.2) is 6.61 Å². The molecule has 0 spiro atoms. The smallest absolute Gasteiger partial charge is 0.277 e. The molecule has 0 aliphatic heterocycles. The van der Waals surface area contributed by atoms with Gasteiger partial charge < -0.3 is 9.47 Å². The molecule has 1 N–H and O–H groups in total. The minimum absolute atomic E-state index is 0.0888. The van der Waals surface area contributed by atoms with E-state index in [9.17, 15) is 4.79 Å². The van der Waals surface area contributed by atoms with Gasteiger partial charge in [0, 0.05) is 5.56 Å². The van der Waals surface area contributed by atoms with Crippen LogP contribution in [0.15, 0.2) is 47.6 Å². The zero-order chi connectivity index (χ0) is 19.6. The molecule has 0 fully saturated rings. The lowest BCUT2D eigenvalue weighted by atomic mass is 10.0. The van der Waals surface area contributed by atoms with Crippen LogP contribution in [-0.4, -0.2) is 25.3 Å². The zero-order valence-corrected chi connectivity index (χ0v) is 16.5. The molecule has 0 heterocycles. The molecule has 0 atom stereocenters. The number of amides is 1. The lowest BCUT2D eigenvalue weighted by Gasteiger charge is -2.14. The SMILES string of the molecule is CCCOc1ccccc1/C=N/NC(=O)COc1cc(C)ccc1C(C)C. The largest absolute Gasteiger partial charge is 0.493 e. The van der Waals surface area contributed by atoms with E-state index in [-0.39, 0.29) is 12.5 Å². The lowest BCUT2D eigenvalue weighted by molar-refractivity contribution is -0.123. The van der Waals surface area contributed by atoms with Gasteiger partial charge in [-0.15, -0.1) is 0 Å². The van der Waals surface area contributed by atoms with E-state index in [0.29, 0.717) is 12.5 Å². The molecule has 0 bridgehead atoms. The molecular weight excluding hydrogens is 340 g/mol. The number of ether oxygens (including phenoxy) is 2. The molecule has 2 rings (SSSR count). The van der Waals surface area contributed by atoms with Crippen molar-refractivity contribution in [1.29, 1.82) is 0 Å². The number of aryl methyl sites for hydroxylation is 1. The molecular formula is C22H28N2O3. The average Bonchev–Trinajstić information content (AvgIpc) is 2.65. The van der Waals surface area contributed by atoms with Gasteiger partial charge in [-0.3, -0.25) is 4.79 Å². The maximum atomic E-state index is 12.0. The van der Waals surface area contributed by atoms with E-state index < -0.39 is 0 Å². The van der Waals surface area contributed by atoms with Crippen LogP contribution in [0.2, 0.25) is 0 Å². The summed E-state index contributed by atoms with van der Waals surface area (Å²) in [5.74, 6) is 1.49. The normalized spacial score (nSPS) is 11.0. The van der Waals surface area contributed by atoms with Gasteiger partial charge in [-0.05, 0) is 48.6 Å². The van der Waals surface area contributed by atoms with E-state index >= 15 is 0 Å². The highest BCUT2D eigenvalue weighted by molar-refractivity contribution is 5.85. The number of hydrogen-bond acceptors (Lipinski definition) is 4. The summed E-state index contributed by atoms with van der Waals surface area (Å²) < 4.78 is 11.4. The summed E-state index contributed by atoms with van der Waals surface area (Å²) in [5, 5.41) is 4.01. The predicted molar refractivity (Wildman–Crippen MR) is 109 cm³/mol. The Hall–Kier alpha value is -2.82. The van der Waals surface area contributed by atoms with E-state index in [2.05, 4.69) is 31.3 Å². The van der Waals surface area contributed by atoms with E-state index in [0.717, 1.165) is 34.6 Å². The molecule has 0 radical (unpaired) electrons. The summed E-state index contributed by atoms with van der Waals surface area (Å²) in [5.41, 5.74) is 5.49. The molecule has 0 aromatic heterocycles. The summed E-state index contributed by atoms with van der Waals surface area (Å²) in [4.78, 5) is 12.0. The van der Waals surface area contributed by atoms with Crippen molar-refractivity contribution in [2.75, 3.05) is 13.2 Å². The standard InChI is InChI=1S/C22H28N2O3/c1-5-12-26-20-9-7-6-8-18(20)14-23-24-22(25)15-27-21-13-17(4)10-11-19(21)16(2)3/h6-11,13-14,16H,5,12,15H2,1-4H3,(H,24,25)/b23-14+. The Balaban J connectivity index is 1.92. The van der Waals surface area contributed by atoms with Crippen molar-refractivity contribution < 1.29 is 14.3 Å². The van der Waals surface area contributed by atoms with Crippen LogP contribution in [0.4, 0.5) is 0 Å². The van der Waals surface area contributed by atoms with Crippen LogP contribution in [0, 0.1) is 6.92 Å². The van der Waals surface area contributed by atoms with Crippen LogP contribution >= 0.6 is 0 Å². The van der Waals surface area contributed by atoms with Crippen LogP contribution in [-0.2, 0) is 4.79 Å². The first-order valence-corrected chi connectivity index (χ1v) is 9.28. The summed E-state index contributed by atoms with van der Waals surface area (Å²) in [6.45, 7) is 8.80. The highest BCUT2D eigenvalue weighted by Crippen LogP contribution is 2.27. The molecule has 27 heavy (non-hydrogen) atoms. The highest BCUT2D eigenvalue weighted by Gasteiger charge is 2.10. The summed E-state index contributed by atoms with van der Waals surface area (Å²) >= 11 is 0. The first-order valence-electron chi connectivity index (χ1n) is 9.28. The van der Waals surface area contributed by atoms with Crippen LogP contribution in [0.3, 0.4) is 0 Å². The second kappa shape index (κ2) is 10.4. The van der Waals surface area contributed by atoms with Crippen molar-refractivity contribution in [3.63, 3.8) is 0 Å². The zero-order valence-electron chi connectivity index (χ0n) is 16.5. The van der Waals surface area contributed by atoms with E-state index in [1.165, 1.54) is 0 Å². The molecule has 0 aliphatic rings. The van der Waals surface area contributed by atoms with Crippen molar-refractivity contribution in [3.05, 3.63) is 59.2 Å². The Labute approximate surface area is 161 Å². The molecule has 0 aliphatic carbocycles. The predicted octanol–water partition coefficient (Wildman–Crippen LogP) is 4.44. The number of hydrazone groups is 1. The third kappa shape index (κ3) is 6.44. The number of carbonyl (C=O) groups excluding carboxylic acids is 1. The van der Waals surface area contributed by atoms with Gasteiger partial charge in [-0.2, -0.15) is 5.10 Å². The number of nitrogens with one attached hydrogen (secondary N) is 1. The Morgan fingerprint density at radius 2 is 1.93 bits per heavy atom.